The molecule has 0 radical (unpaired) electrons. The lowest BCUT2D eigenvalue weighted by molar-refractivity contribution is 1.14. The first-order valence-corrected chi connectivity index (χ1v) is 6.95. The highest BCUT2D eigenvalue weighted by Crippen LogP contribution is 2.27. The minimum Gasteiger partial charge on any atom is -0.339 e. The van der Waals surface area contributed by atoms with Crippen molar-refractivity contribution in [1.29, 1.82) is 0 Å². The summed E-state index contributed by atoms with van der Waals surface area (Å²) >= 11 is 6.89. The number of anilines is 2. The molecule has 1 aromatic carbocycles. The number of aromatic nitrogens is 1. The van der Waals surface area contributed by atoms with Crippen molar-refractivity contribution in [3.8, 4) is 0 Å². The van der Waals surface area contributed by atoms with Crippen LogP contribution in [0, 0.1) is 0 Å². The highest BCUT2D eigenvalue weighted by molar-refractivity contribution is 9.11. The molecule has 0 aliphatic heterocycles. The third-order valence-electron chi connectivity index (χ3n) is 2.46. The minimum atomic E-state index is 0.828. The van der Waals surface area contributed by atoms with E-state index in [1.54, 1.807) is 6.20 Å². The largest absolute Gasteiger partial charge is 0.339 e. The fourth-order valence-corrected chi connectivity index (χ4v) is 2.67. The Morgan fingerprint density at radius 2 is 2.00 bits per heavy atom. The maximum absolute atomic E-state index is 4.34. The number of hydrogen-bond donors (Lipinski definition) is 1. The average Bonchev–Trinajstić information content (AvgIpc) is 2.33. The van der Waals surface area contributed by atoms with Crippen LogP contribution in [-0.4, -0.2) is 4.98 Å². The van der Waals surface area contributed by atoms with Gasteiger partial charge in [0.1, 0.15) is 5.82 Å². The minimum absolute atomic E-state index is 0.828. The van der Waals surface area contributed by atoms with Gasteiger partial charge in [-0.1, -0.05) is 25.1 Å². The van der Waals surface area contributed by atoms with Crippen molar-refractivity contribution in [2.45, 2.75) is 13.3 Å². The first kappa shape index (κ1) is 12.6. The van der Waals surface area contributed by atoms with Crippen molar-refractivity contribution in [3.63, 3.8) is 0 Å². The van der Waals surface area contributed by atoms with Gasteiger partial charge < -0.3 is 5.32 Å². The first-order chi connectivity index (χ1) is 8.20. The number of nitrogens with one attached hydrogen (secondary N) is 1. The van der Waals surface area contributed by atoms with Gasteiger partial charge in [0.2, 0.25) is 0 Å². The van der Waals surface area contributed by atoms with Crippen LogP contribution in [-0.2, 0) is 6.42 Å². The predicted molar refractivity (Wildman–Crippen MR) is 78.7 cm³/mol. The van der Waals surface area contributed by atoms with Gasteiger partial charge >= 0.3 is 0 Å². The lowest BCUT2D eigenvalue weighted by atomic mass is 10.1. The molecule has 0 atom stereocenters. The Bertz CT molecular complexity index is 527. The molecular formula is C13H12Br2N2. The molecule has 2 nitrogen and oxygen atoms in total. The normalized spacial score (nSPS) is 10.3. The van der Waals surface area contributed by atoms with Crippen LogP contribution in [0.25, 0.3) is 0 Å². The van der Waals surface area contributed by atoms with Gasteiger partial charge in [0.15, 0.2) is 0 Å². The Hall–Kier alpha value is -0.870. The molecule has 88 valence electrons. The van der Waals surface area contributed by atoms with E-state index in [0.717, 1.165) is 26.9 Å². The molecule has 0 bridgehead atoms. The van der Waals surface area contributed by atoms with E-state index in [4.69, 9.17) is 0 Å². The summed E-state index contributed by atoms with van der Waals surface area (Å²) in [7, 11) is 0. The molecule has 2 rings (SSSR count). The molecule has 1 aromatic heterocycles. The van der Waals surface area contributed by atoms with E-state index in [2.05, 4.69) is 61.2 Å². The van der Waals surface area contributed by atoms with E-state index >= 15 is 0 Å². The zero-order valence-electron chi connectivity index (χ0n) is 9.37. The van der Waals surface area contributed by atoms with Gasteiger partial charge in [0.05, 0.1) is 4.47 Å². The average molecular weight is 356 g/mol. The van der Waals surface area contributed by atoms with Crippen LogP contribution in [0.1, 0.15) is 12.5 Å². The van der Waals surface area contributed by atoms with Crippen LogP contribution < -0.4 is 5.32 Å². The Morgan fingerprint density at radius 1 is 1.24 bits per heavy atom. The van der Waals surface area contributed by atoms with Gasteiger partial charge in [-0.2, -0.15) is 0 Å². The van der Waals surface area contributed by atoms with Crippen molar-refractivity contribution in [3.05, 3.63) is 51.0 Å². The van der Waals surface area contributed by atoms with E-state index in [9.17, 15) is 0 Å². The summed E-state index contributed by atoms with van der Waals surface area (Å²) in [4.78, 5) is 4.34. The second-order valence-corrected chi connectivity index (χ2v) is 5.39. The molecule has 4 heteroatoms. The third kappa shape index (κ3) is 3.07. The number of halogens is 2. The van der Waals surface area contributed by atoms with Crippen LogP contribution in [0.4, 0.5) is 11.5 Å². The van der Waals surface area contributed by atoms with E-state index in [-0.39, 0.29) is 0 Å². The molecule has 17 heavy (non-hydrogen) atoms. The Kier molecular flexibility index (Phi) is 4.18. The summed E-state index contributed by atoms with van der Waals surface area (Å²) in [6.07, 6.45) is 2.78. The van der Waals surface area contributed by atoms with Gasteiger partial charge in [-0.25, -0.2) is 4.98 Å². The van der Waals surface area contributed by atoms with E-state index in [0.29, 0.717) is 0 Å². The van der Waals surface area contributed by atoms with E-state index in [1.165, 1.54) is 5.56 Å². The summed E-state index contributed by atoms with van der Waals surface area (Å²) in [5.74, 6) is 0.828. The number of hydrogen-bond acceptors (Lipinski definition) is 2. The van der Waals surface area contributed by atoms with Crippen LogP contribution in [0.3, 0.4) is 0 Å². The molecule has 1 heterocycles. The quantitative estimate of drug-likeness (QED) is 0.845. The zero-order valence-corrected chi connectivity index (χ0v) is 12.5. The molecule has 0 aliphatic carbocycles. The molecule has 0 aliphatic rings. The molecule has 0 spiro atoms. The monoisotopic (exact) mass is 354 g/mol. The third-order valence-corrected chi connectivity index (χ3v) is 3.50. The van der Waals surface area contributed by atoms with Gasteiger partial charge in [-0.3, -0.25) is 0 Å². The topological polar surface area (TPSA) is 24.9 Å². The van der Waals surface area contributed by atoms with Crippen LogP contribution >= 0.6 is 31.9 Å². The number of rotatable bonds is 3. The molecule has 2 aromatic rings. The number of nitrogens with zero attached hydrogens (tertiary/aromatic N) is 1. The maximum Gasteiger partial charge on any atom is 0.144 e. The molecular weight excluding hydrogens is 344 g/mol. The van der Waals surface area contributed by atoms with Gasteiger partial charge in [0, 0.05) is 16.4 Å². The summed E-state index contributed by atoms with van der Waals surface area (Å²) in [6.45, 7) is 2.14. The second kappa shape index (κ2) is 5.65. The second-order valence-electron chi connectivity index (χ2n) is 3.62. The Balaban J connectivity index is 2.31. The van der Waals surface area contributed by atoms with Crippen LogP contribution in [0.2, 0.25) is 0 Å². The smallest absolute Gasteiger partial charge is 0.144 e. The first-order valence-electron chi connectivity index (χ1n) is 5.36. The van der Waals surface area contributed by atoms with Gasteiger partial charge in [0.25, 0.3) is 0 Å². The molecule has 0 saturated carbocycles. The van der Waals surface area contributed by atoms with Crippen molar-refractivity contribution >= 4 is 43.4 Å². The number of aryl methyl sites for hydroxylation is 1. The van der Waals surface area contributed by atoms with Crippen molar-refractivity contribution < 1.29 is 0 Å². The predicted octanol–water partition coefficient (Wildman–Crippen LogP) is 4.91. The number of para-hydroxylation sites is 1. The molecule has 0 unspecified atom stereocenters. The van der Waals surface area contributed by atoms with E-state index < -0.39 is 0 Å². The maximum atomic E-state index is 4.34. The summed E-state index contributed by atoms with van der Waals surface area (Å²) in [5, 5.41) is 3.34. The van der Waals surface area contributed by atoms with Crippen molar-refractivity contribution in [1.82, 2.24) is 4.98 Å². The molecule has 0 amide bonds. The van der Waals surface area contributed by atoms with Gasteiger partial charge in [-0.15, -0.1) is 0 Å². The highest BCUT2D eigenvalue weighted by atomic mass is 79.9. The van der Waals surface area contributed by atoms with Crippen LogP contribution in [0.15, 0.2) is 45.5 Å². The van der Waals surface area contributed by atoms with Gasteiger partial charge in [-0.05, 0) is 56.0 Å². The van der Waals surface area contributed by atoms with Crippen molar-refractivity contribution in [2.24, 2.45) is 0 Å². The summed E-state index contributed by atoms with van der Waals surface area (Å²) in [6, 6.07) is 10.2. The Morgan fingerprint density at radius 3 is 2.71 bits per heavy atom. The Labute approximate surface area is 118 Å². The standard InChI is InChI=1S/C13H12Br2N2/c1-2-9-5-3-4-6-12(9)17-13-11(15)7-10(14)8-16-13/h3-8H,2H2,1H3,(H,16,17). The number of benzene rings is 1. The fourth-order valence-electron chi connectivity index (χ4n) is 1.58. The zero-order chi connectivity index (χ0) is 12.3. The lowest BCUT2D eigenvalue weighted by Gasteiger charge is -2.11. The van der Waals surface area contributed by atoms with E-state index in [1.807, 2.05) is 18.2 Å². The lowest BCUT2D eigenvalue weighted by Crippen LogP contribution is -1.97. The summed E-state index contributed by atoms with van der Waals surface area (Å²) in [5.41, 5.74) is 2.38. The molecule has 0 fully saturated rings. The number of pyridine rings is 1. The van der Waals surface area contributed by atoms with Crippen LogP contribution in [0.5, 0.6) is 0 Å². The fraction of sp³-hybridized carbons (Fsp3) is 0.154. The molecule has 1 N–H and O–H groups in total. The summed E-state index contributed by atoms with van der Waals surface area (Å²) < 4.78 is 1.90. The molecule has 0 saturated heterocycles. The highest BCUT2D eigenvalue weighted by Gasteiger charge is 2.05. The van der Waals surface area contributed by atoms with Crippen molar-refractivity contribution in [2.75, 3.05) is 5.32 Å². The SMILES string of the molecule is CCc1ccccc1Nc1ncc(Br)cc1Br.